The largest absolute Gasteiger partial charge is 0.484 e. The van der Waals surface area contributed by atoms with Crippen LogP contribution in [0.5, 0.6) is 5.75 Å². The van der Waals surface area contributed by atoms with Gasteiger partial charge in [0.15, 0.2) is 6.61 Å². The molecule has 0 aliphatic carbocycles. The van der Waals surface area contributed by atoms with Gasteiger partial charge in [-0.1, -0.05) is 29.3 Å². The Hall–Kier alpha value is -1.43. The second-order valence-corrected chi connectivity index (χ2v) is 6.71. The number of rotatable bonds is 6. The number of anilines is 1. The maximum Gasteiger partial charge on any atom is 0.255 e. The number of carbonyl (C=O) groups is 1. The molecule has 0 fully saturated rings. The van der Waals surface area contributed by atoms with E-state index in [2.05, 4.69) is 5.32 Å². The molecular weight excluding hydrogens is 331 g/mol. The number of nitrogens with two attached hydrogens (primary N) is 1. The molecular formula is C14H14Cl2N2O2S. The summed E-state index contributed by atoms with van der Waals surface area (Å²) in [6.07, 6.45) is 0. The topological polar surface area (TPSA) is 64.3 Å². The molecule has 2 aromatic rings. The summed E-state index contributed by atoms with van der Waals surface area (Å²) in [5.41, 5.74) is 6.84. The van der Waals surface area contributed by atoms with Crippen LogP contribution in [0, 0.1) is 0 Å². The molecule has 1 atom stereocenters. The summed E-state index contributed by atoms with van der Waals surface area (Å²) >= 11 is 13.4. The van der Waals surface area contributed by atoms with E-state index in [0.717, 1.165) is 11.3 Å². The van der Waals surface area contributed by atoms with Crippen LogP contribution in [0.15, 0.2) is 30.3 Å². The molecule has 21 heavy (non-hydrogen) atoms. The molecule has 3 N–H and O–H groups in total. The van der Waals surface area contributed by atoms with Gasteiger partial charge in [-0.15, -0.1) is 11.3 Å². The molecule has 1 amide bonds. The Bertz CT molecular complexity index is 646. The molecule has 0 radical (unpaired) electrons. The summed E-state index contributed by atoms with van der Waals surface area (Å²) in [5, 5.41) is 3.31. The van der Waals surface area contributed by atoms with Crippen molar-refractivity contribution in [2.75, 3.05) is 11.9 Å². The quantitative estimate of drug-likeness (QED) is 0.829. The van der Waals surface area contributed by atoms with Gasteiger partial charge in [-0.25, -0.2) is 0 Å². The Morgan fingerprint density at radius 2 is 2.19 bits per heavy atom. The second kappa shape index (κ2) is 7.02. The summed E-state index contributed by atoms with van der Waals surface area (Å²) in [5.74, 6) is 0.0573. The molecule has 0 saturated carbocycles. The average Bonchev–Trinajstić information content (AvgIpc) is 2.76. The van der Waals surface area contributed by atoms with Crippen molar-refractivity contribution in [2.24, 2.45) is 5.73 Å². The smallest absolute Gasteiger partial charge is 0.255 e. The molecule has 0 aliphatic rings. The van der Waals surface area contributed by atoms with E-state index in [-0.39, 0.29) is 12.6 Å². The summed E-state index contributed by atoms with van der Waals surface area (Å²) in [4.78, 5) is 10.7. The highest BCUT2D eigenvalue weighted by molar-refractivity contribution is 7.20. The normalized spacial score (nSPS) is 12.0. The monoisotopic (exact) mass is 344 g/mol. The second-order valence-electron chi connectivity index (χ2n) is 4.43. The number of hydrogen-bond acceptors (Lipinski definition) is 4. The van der Waals surface area contributed by atoms with Gasteiger partial charge in [0, 0.05) is 17.3 Å². The maximum absolute atomic E-state index is 10.7. The van der Waals surface area contributed by atoms with E-state index in [4.69, 9.17) is 33.7 Å². The third-order valence-corrected chi connectivity index (χ3v) is 4.27. The van der Waals surface area contributed by atoms with E-state index in [1.54, 1.807) is 12.1 Å². The lowest BCUT2D eigenvalue weighted by Crippen LogP contribution is -2.20. The minimum absolute atomic E-state index is 0.00681. The van der Waals surface area contributed by atoms with Crippen LogP contribution >= 0.6 is 34.5 Å². The van der Waals surface area contributed by atoms with Crippen molar-refractivity contribution in [1.82, 2.24) is 0 Å². The Balaban J connectivity index is 2.07. The average molecular weight is 345 g/mol. The minimum Gasteiger partial charge on any atom is -0.484 e. The number of hydrogen-bond donors (Lipinski definition) is 2. The zero-order valence-corrected chi connectivity index (χ0v) is 13.6. The van der Waals surface area contributed by atoms with Gasteiger partial charge in [0.05, 0.1) is 14.7 Å². The predicted octanol–water partition coefficient (Wildman–Crippen LogP) is 4.09. The third-order valence-electron chi connectivity index (χ3n) is 2.75. The number of ether oxygens (including phenoxy) is 1. The van der Waals surface area contributed by atoms with Crippen molar-refractivity contribution >= 4 is 46.1 Å². The Morgan fingerprint density at radius 3 is 2.81 bits per heavy atom. The lowest BCUT2D eigenvalue weighted by atomic mass is 10.1. The van der Waals surface area contributed by atoms with Crippen molar-refractivity contribution in [2.45, 2.75) is 13.0 Å². The number of benzene rings is 1. The van der Waals surface area contributed by atoms with E-state index < -0.39 is 5.91 Å². The highest BCUT2D eigenvalue weighted by Crippen LogP contribution is 2.36. The molecule has 1 aromatic carbocycles. The zero-order chi connectivity index (χ0) is 15.4. The highest BCUT2D eigenvalue weighted by atomic mass is 35.5. The van der Waals surface area contributed by atoms with E-state index >= 15 is 0 Å². The molecule has 0 bridgehead atoms. The van der Waals surface area contributed by atoms with Crippen molar-refractivity contribution < 1.29 is 9.53 Å². The molecule has 0 spiro atoms. The molecule has 1 heterocycles. The van der Waals surface area contributed by atoms with Crippen molar-refractivity contribution in [1.29, 1.82) is 0 Å². The van der Waals surface area contributed by atoms with Gasteiger partial charge in [0.2, 0.25) is 0 Å². The lowest BCUT2D eigenvalue weighted by molar-refractivity contribution is -0.119. The fourth-order valence-electron chi connectivity index (χ4n) is 1.81. The first kappa shape index (κ1) is 15.9. The Morgan fingerprint density at radius 1 is 1.43 bits per heavy atom. The SMILES string of the molecule is CC(Nc1cccc(OCC(N)=O)c1)c1cc(Cl)sc1Cl. The number of thiophene rings is 1. The number of primary amides is 1. The number of carbonyl (C=O) groups excluding carboxylic acids is 1. The molecule has 0 saturated heterocycles. The van der Waals surface area contributed by atoms with Crippen molar-refractivity contribution in [3.05, 3.63) is 44.6 Å². The van der Waals surface area contributed by atoms with Crippen molar-refractivity contribution in [3.63, 3.8) is 0 Å². The molecule has 1 aromatic heterocycles. The minimum atomic E-state index is -0.513. The van der Waals surface area contributed by atoms with Gasteiger partial charge < -0.3 is 15.8 Å². The summed E-state index contributed by atoms with van der Waals surface area (Å²) < 4.78 is 6.59. The zero-order valence-electron chi connectivity index (χ0n) is 11.2. The standard InChI is InChI=1S/C14H14Cl2N2O2S/c1-8(11-6-12(15)21-14(11)16)18-9-3-2-4-10(5-9)20-7-13(17)19/h2-6,8,18H,7H2,1H3,(H2,17,19). The fraction of sp³-hybridized carbons (Fsp3) is 0.214. The fourth-order valence-corrected chi connectivity index (χ4v) is 3.45. The van der Waals surface area contributed by atoms with E-state index in [1.165, 1.54) is 11.3 Å². The van der Waals surface area contributed by atoms with Crippen LogP contribution in [0.2, 0.25) is 8.67 Å². The predicted molar refractivity (Wildman–Crippen MR) is 87.5 cm³/mol. The van der Waals surface area contributed by atoms with Crippen LogP contribution in [0.1, 0.15) is 18.5 Å². The van der Waals surface area contributed by atoms with Crippen LogP contribution in [0.25, 0.3) is 0 Å². The number of halogens is 2. The molecule has 0 aliphatic heterocycles. The summed E-state index contributed by atoms with van der Waals surface area (Å²) in [6.45, 7) is 1.84. The van der Waals surface area contributed by atoms with E-state index in [9.17, 15) is 4.79 Å². The van der Waals surface area contributed by atoms with Crippen LogP contribution in [-0.4, -0.2) is 12.5 Å². The third kappa shape index (κ3) is 4.52. The molecule has 2 rings (SSSR count). The first-order valence-electron chi connectivity index (χ1n) is 6.18. The summed E-state index contributed by atoms with van der Waals surface area (Å²) in [6, 6.07) is 9.12. The Labute approximate surface area is 136 Å². The first-order chi connectivity index (χ1) is 9.95. The van der Waals surface area contributed by atoms with Gasteiger partial charge >= 0.3 is 0 Å². The van der Waals surface area contributed by atoms with Crippen LogP contribution < -0.4 is 15.8 Å². The summed E-state index contributed by atoms with van der Waals surface area (Å²) in [7, 11) is 0. The van der Waals surface area contributed by atoms with Crippen LogP contribution in [0.4, 0.5) is 5.69 Å². The van der Waals surface area contributed by atoms with E-state index in [0.29, 0.717) is 14.4 Å². The van der Waals surface area contributed by atoms with Crippen LogP contribution in [0.3, 0.4) is 0 Å². The number of nitrogens with one attached hydrogen (secondary N) is 1. The number of amides is 1. The molecule has 1 unspecified atom stereocenters. The van der Waals surface area contributed by atoms with Crippen molar-refractivity contribution in [3.8, 4) is 5.75 Å². The highest BCUT2D eigenvalue weighted by Gasteiger charge is 2.13. The molecule has 112 valence electrons. The molecule has 7 heteroatoms. The molecule has 4 nitrogen and oxygen atoms in total. The first-order valence-corrected chi connectivity index (χ1v) is 7.75. The van der Waals surface area contributed by atoms with Gasteiger partial charge in [0.25, 0.3) is 5.91 Å². The Kier molecular flexibility index (Phi) is 5.33. The van der Waals surface area contributed by atoms with Gasteiger partial charge in [-0.05, 0) is 25.1 Å². The maximum atomic E-state index is 10.7. The van der Waals surface area contributed by atoms with Gasteiger partial charge in [-0.3, -0.25) is 4.79 Å². The van der Waals surface area contributed by atoms with E-state index in [1.807, 2.05) is 25.1 Å². The van der Waals surface area contributed by atoms with Gasteiger partial charge in [-0.2, -0.15) is 0 Å². The van der Waals surface area contributed by atoms with Gasteiger partial charge in [0.1, 0.15) is 5.75 Å². The lowest BCUT2D eigenvalue weighted by Gasteiger charge is -2.15. The van der Waals surface area contributed by atoms with Crippen LogP contribution in [-0.2, 0) is 4.79 Å².